The Morgan fingerprint density at radius 2 is 1.16 bits per heavy atom. The van der Waals surface area contributed by atoms with E-state index in [4.69, 9.17) is 35.0 Å². The molecule has 0 aromatic heterocycles. The highest BCUT2D eigenvalue weighted by atomic mass is 19.4. The van der Waals surface area contributed by atoms with Gasteiger partial charge in [0.05, 0.1) is 32.4 Å². The number of aliphatic carboxylic acids is 2. The fourth-order valence-corrected chi connectivity index (χ4v) is 6.18. The Morgan fingerprint density at radius 1 is 0.716 bits per heavy atom. The molecule has 1 aliphatic heterocycles. The van der Waals surface area contributed by atoms with Gasteiger partial charge >= 0.3 is 30.3 Å². The fraction of sp³-hybridized carbons (Fsp3) is 0.568. The quantitative estimate of drug-likeness (QED) is 0.0701. The molecule has 1 heterocycles. The topological polar surface area (TPSA) is 264 Å². The van der Waals surface area contributed by atoms with Crippen molar-refractivity contribution in [3.05, 3.63) is 71.8 Å². The number of esters is 1. The third-order valence-corrected chi connectivity index (χ3v) is 9.61. The lowest BCUT2D eigenvalue weighted by Crippen LogP contribution is -2.58. The molecule has 0 spiro atoms. The van der Waals surface area contributed by atoms with Crippen LogP contribution < -0.4 is 21.7 Å². The number of carbonyl (C=O) groups is 7. The number of carbonyl (C=O) groups excluding carboxylic acids is 5. The molecule has 3 amide bonds. The number of ketones is 1. The summed E-state index contributed by atoms with van der Waals surface area (Å²) >= 11 is 0. The number of hydrogen-bond donors (Lipinski definition) is 7. The monoisotopic (exact) mass is 965 g/mol. The van der Waals surface area contributed by atoms with E-state index in [1.165, 1.54) is 6.92 Å². The first-order chi connectivity index (χ1) is 31.1. The number of morpholine rings is 1. The number of aryl methyl sites for hydroxylation is 1. The minimum Gasteiger partial charge on any atom is -0.475 e. The number of hydrogen-bond acceptors (Lipinski definition) is 12. The molecule has 8 N–H and O–H groups in total. The van der Waals surface area contributed by atoms with Crippen LogP contribution in [0.15, 0.2) is 60.7 Å². The van der Waals surface area contributed by atoms with E-state index in [0.717, 1.165) is 5.56 Å². The first-order valence-corrected chi connectivity index (χ1v) is 21.1. The largest absolute Gasteiger partial charge is 0.490 e. The molecule has 0 saturated carbocycles. The molecule has 17 nitrogen and oxygen atoms in total. The zero-order valence-corrected chi connectivity index (χ0v) is 37.8. The van der Waals surface area contributed by atoms with Crippen LogP contribution in [0.4, 0.5) is 26.3 Å². The van der Waals surface area contributed by atoms with Gasteiger partial charge in [0, 0.05) is 19.5 Å². The molecule has 1 aliphatic rings. The summed E-state index contributed by atoms with van der Waals surface area (Å²) < 4.78 is 74.5. The number of carboxylic acids is 2. The zero-order valence-electron chi connectivity index (χ0n) is 37.8. The van der Waals surface area contributed by atoms with Crippen LogP contribution in [0.1, 0.15) is 65.0 Å². The molecule has 0 radical (unpaired) electrons. The Morgan fingerprint density at radius 3 is 1.61 bits per heavy atom. The maximum atomic E-state index is 14.0. The van der Waals surface area contributed by atoms with Crippen molar-refractivity contribution in [2.75, 3.05) is 39.5 Å². The van der Waals surface area contributed by atoms with Gasteiger partial charge in [0.1, 0.15) is 18.1 Å². The molecule has 2 aromatic carbocycles. The molecule has 1 fully saturated rings. The number of rotatable bonds is 21. The van der Waals surface area contributed by atoms with Gasteiger partial charge in [-0.1, -0.05) is 88.4 Å². The lowest BCUT2D eigenvalue weighted by Gasteiger charge is -2.31. The number of nitrogens with one attached hydrogen (secondary N) is 3. The van der Waals surface area contributed by atoms with Crippen LogP contribution in [0.3, 0.4) is 0 Å². The van der Waals surface area contributed by atoms with E-state index in [9.17, 15) is 55.4 Å². The third-order valence-electron chi connectivity index (χ3n) is 9.61. The van der Waals surface area contributed by atoms with Crippen molar-refractivity contribution < 1.29 is 84.7 Å². The van der Waals surface area contributed by atoms with Crippen LogP contribution in [-0.4, -0.2) is 143 Å². The van der Waals surface area contributed by atoms with Crippen LogP contribution in [0.25, 0.3) is 0 Å². The number of ether oxygens (including phenoxy) is 2. The number of carboxylic acid groups (broad SMARTS) is 2. The predicted molar refractivity (Wildman–Crippen MR) is 229 cm³/mol. The van der Waals surface area contributed by atoms with Crippen LogP contribution in [0, 0.1) is 11.8 Å². The standard InChI is InChI=1S/C40H59N5O8.2C2HF3O2/c1-27(2)22-31(41)36(48)40(5,26-46)53-39(51)34(24-30-14-10-7-11-15-30)44-38(50)33(23-28(3)4)43-37(49)32(17-16-29-12-8-6-9-13-29)42-35(47)25-45-18-20-52-21-19-45;2*3-2(4,5)1(6)7/h6-15,27-28,31-34,46H,16-26,41H2,1-5H3,(H,42,47)(H,43,49)(H,44,50);2*(H,6,7)/t31-,32-,33-,34-,40?;;/m0../s1. The number of nitrogens with two attached hydrogens (primary N) is 1. The van der Waals surface area contributed by atoms with Crippen molar-refractivity contribution in [3.63, 3.8) is 0 Å². The van der Waals surface area contributed by atoms with Gasteiger partial charge in [0.15, 0.2) is 11.4 Å². The number of alkyl halides is 6. The molecule has 67 heavy (non-hydrogen) atoms. The SMILES string of the molecule is CC(C)C[C@H](NC(=O)[C@H](CCc1ccccc1)NC(=O)CN1CCOCC1)C(=O)N[C@@H](Cc1ccccc1)C(=O)OC(C)(CO)C(=O)[C@@H](N)CC(C)C.O=C(O)C(F)(F)F.O=C(O)C(F)(F)F. The number of aliphatic hydroxyl groups is 1. The second kappa shape index (κ2) is 28.5. The highest BCUT2D eigenvalue weighted by molar-refractivity contribution is 5.96. The second-order valence-corrected chi connectivity index (χ2v) is 16.5. The van der Waals surface area contributed by atoms with E-state index in [1.54, 1.807) is 24.3 Å². The number of aliphatic hydroxyl groups excluding tert-OH is 1. The molecular formula is C44H61F6N5O12. The number of nitrogens with zero attached hydrogens (tertiary/aromatic N) is 1. The van der Waals surface area contributed by atoms with Gasteiger partial charge in [-0.25, -0.2) is 14.4 Å². The van der Waals surface area contributed by atoms with E-state index in [2.05, 4.69) is 16.0 Å². The fourth-order valence-electron chi connectivity index (χ4n) is 6.18. The third kappa shape index (κ3) is 23.6. The van der Waals surface area contributed by atoms with Crippen LogP contribution >= 0.6 is 0 Å². The summed E-state index contributed by atoms with van der Waals surface area (Å²) in [4.78, 5) is 87.9. The van der Waals surface area contributed by atoms with E-state index >= 15 is 0 Å². The number of benzene rings is 2. The average Bonchev–Trinajstić information content (AvgIpc) is 3.24. The van der Waals surface area contributed by atoms with Crippen LogP contribution in [-0.2, 0) is 55.9 Å². The van der Waals surface area contributed by atoms with E-state index in [-0.39, 0.29) is 43.6 Å². The van der Waals surface area contributed by atoms with Crippen LogP contribution in [0.5, 0.6) is 0 Å². The Balaban J connectivity index is 0.00000138. The summed E-state index contributed by atoms with van der Waals surface area (Å²) in [5, 5.41) is 33.0. The Kier molecular flexibility index (Phi) is 25.3. The van der Waals surface area contributed by atoms with E-state index < -0.39 is 84.2 Å². The summed E-state index contributed by atoms with van der Waals surface area (Å²) in [6.45, 7) is 10.5. The minimum absolute atomic E-state index is 0.0127. The Bertz CT molecular complexity index is 1860. The summed E-state index contributed by atoms with van der Waals surface area (Å²) in [6.07, 6.45) is -8.80. The number of halogens is 6. The molecule has 5 atom stereocenters. The summed E-state index contributed by atoms with van der Waals surface area (Å²) in [5.74, 6) is -8.52. The van der Waals surface area contributed by atoms with Gasteiger partial charge in [-0.2, -0.15) is 26.3 Å². The van der Waals surface area contributed by atoms with Crippen LogP contribution in [0.2, 0.25) is 0 Å². The van der Waals surface area contributed by atoms with Crippen molar-refractivity contribution in [2.24, 2.45) is 17.6 Å². The summed E-state index contributed by atoms with van der Waals surface area (Å²) in [5.41, 5.74) is 5.88. The smallest absolute Gasteiger partial charge is 0.475 e. The van der Waals surface area contributed by atoms with E-state index in [1.807, 2.05) is 69.0 Å². The average molecular weight is 966 g/mol. The molecule has 0 aliphatic carbocycles. The molecule has 23 heteroatoms. The second-order valence-electron chi connectivity index (χ2n) is 16.5. The van der Waals surface area contributed by atoms with Crippen molar-refractivity contribution >= 4 is 41.4 Å². The van der Waals surface area contributed by atoms with Gasteiger partial charge in [-0.05, 0) is 55.6 Å². The van der Waals surface area contributed by atoms with Crippen molar-refractivity contribution in [2.45, 2.75) is 109 Å². The summed E-state index contributed by atoms with van der Waals surface area (Å²) in [7, 11) is 0. The highest BCUT2D eigenvalue weighted by Gasteiger charge is 2.42. The molecule has 1 saturated heterocycles. The lowest BCUT2D eigenvalue weighted by atomic mass is 9.90. The molecule has 0 bridgehead atoms. The lowest BCUT2D eigenvalue weighted by molar-refractivity contribution is -0.193. The maximum Gasteiger partial charge on any atom is 0.490 e. The Labute approximate surface area is 384 Å². The number of Topliss-reactive ketones (excluding diaryl/α,β-unsaturated/α-hetero) is 1. The maximum absolute atomic E-state index is 14.0. The first-order valence-electron chi connectivity index (χ1n) is 21.1. The Hall–Kier alpha value is -5.65. The zero-order chi connectivity index (χ0) is 51.1. The minimum atomic E-state index is -5.08. The molecule has 376 valence electrons. The first kappa shape index (κ1) is 59.4. The summed E-state index contributed by atoms with van der Waals surface area (Å²) in [6, 6.07) is 14.3. The van der Waals surface area contributed by atoms with Gasteiger partial charge in [-0.3, -0.25) is 24.1 Å². The molecular weight excluding hydrogens is 904 g/mol. The predicted octanol–water partition coefficient (Wildman–Crippen LogP) is 3.20. The van der Waals surface area contributed by atoms with Gasteiger partial charge in [-0.15, -0.1) is 0 Å². The molecule has 1 unspecified atom stereocenters. The normalized spacial score (nSPS) is 15.7. The van der Waals surface area contributed by atoms with Crippen molar-refractivity contribution in [3.8, 4) is 0 Å². The van der Waals surface area contributed by atoms with E-state index in [0.29, 0.717) is 44.7 Å². The number of amides is 3. The molecule has 3 rings (SSSR count). The highest BCUT2D eigenvalue weighted by Crippen LogP contribution is 2.20. The van der Waals surface area contributed by atoms with Crippen molar-refractivity contribution in [1.29, 1.82) is 0 Å². The van der Waals surface area contributed by atoms with Gasteiger partial charge in [0.25, 0.3) is 0 Å². The van der Waals surface area contributed by atoms with Crippen molar-refractivity contribution in [1.82, 2.24) is 20.9 Å². The molecule has 2 aromatic rings. The van der Waals surface area contributed by atoms with Gasteiger partial charge in [0.2, 0.25) is 17.7 Å². The van der Waals surface area contributed by atoms with Gasteiger partial charge < -0.3 is 46.5 Å².